The molecule has 0 aromatic heterocycles. The van der Waals surface area contributed by atoms with Crippen LogP contribution in [0.15, 0.2) is 11.3 Å². The van der Waals surface area contributed by atoms with E-state index in [-0.39, 0.29) is 0 Å². The second-order valence-electron chi connectivity index (χ2n) is 3.45. The molecule has 0 fully saturated rings. The highest BCUT2D eigenvalue weighted by Gasteiger charge is 2.19. The van der Waals surface area contributed by atoms with Crippen molar-refractivity contribution in [2.45, 2.75) is 27.7 Å². The zero-order valence-corrected chi connectivity index (χ0v) is 7.36. The van der Waals surface area contributed by atoms with E-state index in [0.29, 0.717) is 0 Å². The van der Waals surface area contributed by atoms with E-state index in [1.807, 2.05) is 0 Å². The largest absolute Gasteiger partial charge is 0.388 e. The normalized spacial score (nSPS) is 34.0. The molecule has 1 N–H and O–H groups in total. The second-order valence-corrected chi connectivity index (χ2v) is 3.45. The van der Waals surface area contributed by atoms with Crippen molar-refractivity contribution in [3.05, 3.63) is 11.3 Å². The molecule has 0 saturated heterocycles. The molecule has 10 heavy (non-hydrogen) atoms. The van der Waals surface area contributed by atoms with Crippen LogP contribution in [0, 0.1) is 11.8 Å². The lowest BCUT2D eigenvalue weighted by Crippen LogP contribution is -2.31. The topological polar surface area (TPSA) is 12.0 Å². The summed E-state index contributed by atoms with van der Waals surface area (Å²) < 4.78 is 0. The van der Waals surface area contributed by atoms with Crippen molar-refractivity contribution in [3.8, 4) is 0 Å². The summed E-state index contributed by atoms with van der Waals surface area (Å²) in [6.45, 7) is 10.1. The van der Waals surface area contributed by atoms with Gasteiger partial charge in [0.1, 0.15) is 0 Å². The van der Waals surface area contributed by atoms with Gasteiger partial charge in [0.25, 0.3) is 0 Å². The van der Waals surface area contributed by atoms with Crippen LogP contribution in [-0.2, 0) is 0 Å². The van der Waals surface area contributed by atoms with E-state index >= 15 is 0 Å². The van der Waals surface area contributed by atoms with Crippen molar-refractivity contribution < 1.29 is 0 Å². The Labute approximate surface area is 63.5 Å². The maximum absolute atomic E-state index is 3.39. The second kappa shape index (κ2) is 2.65. The van der Waals surface area contributed by atoms with Gasteiger partial charge in [-0.1, -0.05) is 19.4 Å². The zero-order valence-electron chi connectivity index (χ0n) is 7.36. The predicted molar refractivity (Wildman–Crippen MR) is 44.7 cm³/mol. The van der Waals surface area contributed by atoms with Gasteiger partial charge in [-0.3, -0.25) is 0 Å². The zero-order chi connectivity index (χ0) is 7.72. The molecule has 1 aliphatic heterocycles. The summed E-state index contributed by atoms with van der Waals surface area (Å²) in [5.74, 6) is 1.56. The quantitative estimate of drug-likeness (QED) is 0.542. The van der Waals surface area contributed by atoms with Crippen molar-refractivity contribution in [2.24, 2.45) is 11.8 Å². The Morgan fingerprint density at radius 3 is 2.40 bits per heavy atom. The molecule has 0 unspecified atom stereocenters. The highest BCUT2D eigenvalue weighted by molar-refractivity contribution is 5.14. The summed E-state index contributed by atoms with van der Waals surface area (Å²) in [5.41, 5.74) is 2.91. The molecule has 0 saturated carbocycles. The van der Waals surface area contributed by atoms with E-state index in [4.69, 9.17) is 0 Å². The predicted octanol–water partition coefficient (Wildman–Crippen LogP) is 2.16. The fourth-order valence-electron chi connectivity index (χ4n) is 1.40. The van der Waals surface area contributed by atoms with Crippen LogP contribution in [0.3, 0.4) is 0 Å². The van der Waals surface area contributed by atoms with Crippen LogP contribution in [0.1, 0.15) is 27.7 Å². The molecule has 1 aliphatic rings. The van der Waals surface area contributed by atoms with Gasteiger partial charge in [0, 0.05) is 12.2 Å². The van der Waals surface area contributed by atoms with E-state index in [1.54, 1.807) is 0 Å². The molecule has 1 nitrogen and oxygen atoms in total. The minimum absolute atomic E-state index is 0.765. The van der Waals surface area contributed by atoms with Crippen LogP contribution in [-0.4, -0.2) is 6.54 Å². The molecule has 58 valence electrons. The molecule has 0 spiro atoms. The van der Waals surface area contributed by atoms with Gasteiger partial charge in [-0.15, -0.1) is 0 Å². The lowest BCUT2D eigenvalue weighted by atomic mass is 9.86. The summed E-state index contributed by atoms with van der Waals surface area (Å²) in [6.07, 6.45) is 0. The number of hydrogen-bond acceptors (Lipinski definition) is 1. The molecule has 2 atom stereocenters. The number of rotatable bonds is 0. The van der Waals surface area contributed by atoms with Crippen LogP contribution in [0.25, 0.3) is 0 Å². The lowest BCUT2D eigenvalue weighted by molar-refractivity contribution is 0.392. The Morgan fingerprint density at radius 1 is 1.30 bits per heavy atom. The van der Waals surface area contributed by atoms with Crippen molar-refractivity contribution in [1.82, 2.24) is 5.32 Å². The summed E-state index contributed by atoms with van der Waals surface area (Å²) >= 11 is 0. The Morgan fingerprint density at radius 2 is 1.90 bits per heavy atom. The summed E-state index contributed by atoms with van der Waals surface area (Å²) in [7, 11) is 0. The molecule has 0 aromatic carbocycles. The maximum Gasteiger partial charge on any atom is 0.0175 e. The molecule has 1 rings (SSSR count). The monoisotopic (exact) mass is 139 g/mol. The average molecular weight is 139 g/mol. The van der Waals surface area contributed by atoms with Gasteiger partial charge in [0.15, 0.2) is 0 Å². The standard InChI is InChI=1S/C9H17N/c1-6-5-10-9(4)8(3)7(6)2/h6-7,10H,5H2,1-4H3/t6-,7+/m0/s1. The smallest absolute Gasteiger partial charge is 0.0175 e. The Hall–Kier alpha value is -0.460. The summed E-state index contributed by atoms with van der Waals surface area (Å²) in [5, 5.41) is 3.39. The van der Waals surface area contributed by atoms with Gasteiger partial charge < -0.3 is 5.32 Å². The number of allylic oxidation sites excluding steroid dienone is 2. The van der Waals surface area contributed by atoms with Crippen molar-refractivity contribution in [1.29, 1.82) is 0 Å². The molecule has 0 aromatic rings. The molecule has 0 bridgehead atoms. The molecular weight excluding hydrogens is 122 g/mol. The molecular formula is C9H17N. The Bertz CT molecular complexity index is 158. The number of nitrogens with one attached hydrogen (secondary N) is 1. The van der Waals surface area contributed by atoms with Gasteiger partial charge in [-0.05, 0) is 25.7 Å². The summed E-state index contributed by atoms with van der Waals surface area (Å²) in [4.78, 5) is 0. The first kappa shape index (κ1) is 7.64. The molecule has 0 radical (unpaired) electrons. The average Bonchev–Trinajstić information content (AvgIpc) is 1.93. The molecule has 1 heterocycles. The van der Waals surface area contributed by atoms with Gasteiger partial charge in [-0.25, -0.2) is 0 Å². The van der Waals surface area contributed by atoms with Crippen LogP contribution >= 0.6 is 0 Å². The van der Waals surface area contributed by atoms with E-state index in [0.717, 1.165) is 18.4 Å². The fourth-order valence-corrected chi connectivity index (χ4v) is 1.40. The van der Waals surface area contributed by atoms with Crippen molar-refractivity contribution in [3.63, 3.8) is 0 Å². The minimum Gasteiger partial charge on any atom is -0.388 e. The van der Waals surface area contributed by atoms with E-state index in [1.165, 1.54) is 11.3 Å². The van der Waals surface area contributed by atoms with Crippen LogP contribution < -0.4 is 5.32 Å². The van der Waals surface area contributed by atoms with Gasteiger partial charge in [0.2, 0.25) is 0 Å². The highest BCUT2D eigenvalue weighted by Crippen LogP contribution is 2.24. The first-order chi connectivity index (χ1) is 4.63. The molecule has 1 heteroatoms. The summed E-state index contributed by atoms with van der Waals surface area (Å²) in [6, 6.07) is 0. The fraction of sp³-hybridized carbons (Fsp3) is 0.778. The third kappa shape index (κ3) is 1.18. The molecule has 0 amide bonds. The number of hydrogen-bond donors (Lipinski definition) is 1. The SMILES string of the molecule is CC1=C(C)[C@H](C)[C@@H](C)CN1. The third-order valence-electron chi connectivity index (χ3n) is 2.82. The van der Waals surface area contributed by atoms with Gasteiger partial charge in [0.05, 0.1) is 0 Å². The van der Waals surface area contributed by atoms with Crippen LogP contribution in [0.5, 0.6) is 0 Å². The van der Waals surface area contributed by atoms with Crippen LogP contribution in [0.2, 0.25) is 0 Å². The van der Waals surface area contributed by atoms with Crippen molar-refractivity contribution in [2.75, 3.05) is 6.54 Å². The van der Waals surface area contributed by atoms with E-state index in [2.05, 4.69) is 33.0 Å². The van der Waals surface area contributed by atoms with Gasteiger partial charge in [-0.2, -0.15) is 0 Å². The minimum atomic E-state index is 0.765. The lowest BCUT2D eigenvalue weighted by Gasteiger charge is -2.29. The van der Waals surface area contributed by atoms with E-state index < -0.39 is 0 Å². The molecule has 0 aliphatic carbocycles. The third-order valence-corrected chi connectivity index (χ3v) is 2.82. The first-order valence-corrected chi connectivity index (χ1v) is 4.04. The van der Waals surface area contributed by atoms with Gasteiger partial charge >= 0.3 is 0 Å². The first-order valence-electron chi connectivity index (χ1n) is 4.04. The maximum atomic E-state index is 3.39. The van der Waals surface area contributed by atoms with Crippen molar-refractivity contribution >= 4 is 0 Å². The van der Waals surface area contributed by atoms with E-state index in [9.17, 15) is 0 Å². The highest BCUT2D eigenvalue weighted by atomic mass is 14.9. The Kier molecular flexibility index (Phi) is 2.02. The Balaban J connectivity index is 2.77. The van der Waals surface area contributed by atoms with Crippen LogP contribution in [0.4, 0.5) is 0 Å².